The third-order valence-corrected chi connectivity index (χ3v) is 9.68. The first-order valence-corrected chi connectivity index (χ1v) is 15.0. The lowest BCUT2D eigenvalue weighted by Gasteiger charge is -2.36. The molecule has 0 aliphatic carbocycles. The van der Waals surface area contributed by atoms with Gasteiger partial charge < -0.3 is 9.53 Å². The predicted octanol–water partition coefficient (Wildman–Crippen LogP) is 5.43. The van der Waals surface area contributed by atoms with Crippen LogP contribution in [0.5, 0.6) is 5.75 Å². The Labute approximate surface area is 152 Å². The van der Waals surface area contributed by atoms with Crippen LogP contribution in [0.1, 0.15) is 32.4 Å². The molecule has 22 heavy (non-hydrogen) atoms. The van der Waals surface area contributed by atoms with Gasteiger partial charge in [-0.15, -0.1) is 13.2 Å². The zero-order valence-electron chi connectivity index (χ0n) is 14.4. The second-order valence-corrected chi connectivity index (χ2v) is 14.1. The third kappa shape index (κ3) is 7.46. The number of halogens is 1. The number of aliphatic hydroxyl groups is 1. The lowest BCUT2D eigenvalue weighted by Crippen LogP contribution is -2.43. The Morgan fingerprint density at radius 1 is 1.23 bits per heavy atom. The van der Waals surface area contributed by atoms with Gasteiger partial charge in [-0.05, 0) is 35.8 Å². The maximum atomic E-state index is 9.63. The molecule has 1 aromatic carbocycles. The molecular formula is C17H27BrMgO2Si. The third-order valence-electron chi connectivity index (χ3n) is 3.73. The van der Waals surface area contributed by atoms with Crippen molar-refractivity contribution >= 4 is 39.4 Å². The molecule has 0 fully saturated rings. The van der Waals surface area contributed by atoms with Crippen LogP contribution in [0.15, 0.2) is 47.7 Å². The van der Waals surface area contributed by atoms with Gasteiger partial charge in [-0.3, -0.25) is 12.9 Å². The molecule has 1 aromatic rings. The molecular weight excluding hydrogens is 368 g/mol. The summed E-state index contributed by atoms with van der Waals surface area (Å²) in [6, 6.07) is 7.61. The molecule has 0 saturated heterocycles. The minimum absolute atomic E-state index is 0.000772. The number of aliphatic hydroxyl groups excluding tert-OH is 1. The lowest BCUT2D eigenvalue weighted by molar-refractivity contribution is 0.229. The van der Waals surface area contributed by atoms with Crippen molar-refractivity contribution < 1.29 is 9.53 Å². The highest BCUT2D eigenvalue weighted by atomic mass is 79.9. The van der Waals surface area contributed by atoms with Gasteiger partial charge in [-0.25, -0.2) is 0 Å². The average Bonchev–Trinajstić information content (AvgIpc) is 2.46. The van der Waals surface area contributed by atoms with Gasteiger partial charge in [-0.1, -0.05) is 39.0 Å². The van der Waals surface area contributed by atoms with Crippen molar-refractivity contribution in [3.05, 3.63) is 53.3 Å². The Morgan fingerprint density at radius 3 is 2.00 bits per heavy atom. The van der Waals surface area contributed by atoms with Crippen LogP contribution in [0.2, 0.25) is 18.1 Å². The van der Waals surface area contributed by atoms with Crippen molar-refractivity contribution in [3.8, 4) is 5.75 Å². The van der Waals surface area contributed by atoms with Crippen LogP contribution >= 0.6 is 12.9 Å². The van der Waals surface area contributed by atoms with E-state index in [1.807, 2.05) is 28.5 Å². The van der Waals surface area contributed by atoms with E-state index in [9.17, 15) is 5.11 Å². The second-order valence-electron chi connectivity index (χ2n) is 6.55. The van der Waals surface area contributed by atoms with Gasteiger partial charge in [0.15, 0.2) is 0 Å². The summed E-state index contributed by atoms with van der Waals surface area (Å²) in [5.74, 6) is 0.876. The summed E-state index contributed by atoms with van der Waals surface area (Å²) in [5.41, 5.74) is 0.840. The van der Waals surface area contributed by atoms with Crippen LogP contribution in [0, 0.1) is 0 Å². The van der Waals surface area contributed by atoms with Gasteiger partial charge in [0.25, 0.3) is 0 Å². The highest BCUT2D eigenvalue weighted by Crippen LogP contribution is 2.37. The molecule has 5 heteroatoms. The Hall–Kier alpha value is -0.0769. The average molecular weight is 396 g/mol. The summed E-state index contributed by atoms with van der Waals surface area (Å²) in [7, 11) is -1.78. The summed E-state index contributed by atoms with van der Waals surface area (Å²) in [5, 5.41) is 9.82. The van der Waals surface area contributed by atoms with E-state index < -0.39 is 14.4 Å². The van der Waals surface area contributed by atoms with Crippen molar-refractivity contribution in [1.82, 2.24) is 0 Å². The van der Waals surface area contributed by atoms with Gasteiger partial charge in [0, 0.05) is 0 Å². The Morgan fingerprint density at radius 2 is 1.68 bits per heavy atom. The molecule has 0 bridgehead atoms. The van der Waals surface area contributed by atoms with E-state index in [1.54, 1.807) is 0 Å². The molecule has 0 saturated carbocycles. The summed E-state index contributed by atoms with van der Waals surface area (Å²) in [4.78, 5) is 0. The van der Waals surface area contributed by atoms with E-state index in [2.05, 4.69) is 59.9 Å². The minimum atomic E-state index is -1.78. The quantitative estimate of drug-likeness (QED) is 0.532. The standard InChI is InChI=1S/C15H24O2Si.C2H3.BrH.Mg/c1-7-14(16)12-8-10-13(11-9-12)17-18(5,6)15(2,3)4;1-2;;/h7-11,14,16H,1H2,2-6H3;1H,2H2;1H;/q;;;+1/p-1. The highest BCUT2D eigenvalue weighted by molar-refractivity contribution is 9.23. The fourth-order valence-corrected chi connectivity index (χ4v) is 2.35. The number of benzene rings is 1. The lowest BCUT2D eigenvalue weighted by atomic mass is 10.1. The van der Waals surface area contributed by atoms with E-state index in [0.717, 1.165) is 11.3 Å². The molecule has 0 radical (unpaired) electrons. The number of hydrogen-bond donors (Lipinski definition) is 1. The first-order chi connectivity index (χ1) is 10.1. The fraction of sp³-hybridized carbons (Fsp3) is 0.412. The summed E-state index contributed by atoms with van der Waals surface area (Å²) < 4.78 is 8.10. The minimum Gasteiger partial charge on any atom is -0.544 e. The SMILES string of the molecule is C=CC(O)c1ccc(O[Si](C)(C)C(C)(C)C)cc1.C=[CH][Mg][Br]. The van der Waals surface area contributed by atoms with E-state index in [4.69, 9.17) is 4.43 Å². The zero-order valence-corrected chi connectivity index (χ0v) is 18.4. The van der Waals surface area contributed by atoms with Crippen molar-refractivity contribution in [1.29, 1.82) is 0 Å². The Balaban J connectivity index is 0.000000980. The van der Waals surface area contributed by atoms with E-state index >= 15 is 0 Å². The molecule has 0 amide bonds. The normalized spacial score (nSPS) is 12.3. The van der Waals surface area contributed by atoms with Gasteiger partial charge >= 0.3 is 18.2 Å². The van der Waals surface area contributed by atoms with E-state index in [0.29, 0.717) is 0 Å². The maximum absolute atomic E-state index is 9.63. The van der Waals surface area contributed by atoms with Crippen molar-refractivity contribution in [2.75, 3.05) is 0 Å². The van der Waals surface area contributed by atoms with Gasteiger partial charge in [0.2, 0.25) is 8.32 Å². The van der Waals surface area contributed by atoms with Crippen LogP contribution < -0.4 is 4.43 Å². The van der Waals surface area contributed by atoms with E-state index in [-0.39, 0.29) is 23.2 Å². The van der Waals surface area contributed by atoms with Crippen LogP contribution in [-0.2, 0) is 0 Å². The van der Waals surface area contributed by atoms with Crippen LogP contribution in [0.25, 0.3) is 0 Å². The molecule has 0 spiro atoms. The van der Waals surface area contributed by atoms with Gasteiger partial charge in [-0.2, -0.15) is 4.21 Å². The molecule has 0 aliphatic heterocycles. The number of rotatable bonds is 5. The van der Waals surface area contributed by atoms with Crippen LogP contribution in [0.3, 0.4) is 0 Å². The largest absolute Gasteiger partial charge is 0.544 e. The predicted molar refractivity (Wildman–Crippen MR) is 104 cm³/mol. The highest BCUT2D eigenvalue weighted by Gasteiger charge is 2.38. The Kier molecular flexibility index (Phi) is 9.89. The fourth-order valence-electron chi connectivity index (χ4n) is 1.32. The molecule has 1 rings (SSSR count). The summed E-state index contributed by atoms with van der Waals surface area (Å²) >= 11 is 3.27. The Bertz CT molecular complexity index is 467. The molecule has 0 aliphatic rings. The van der Waals surface area contributed by atoms with Crippen LogP contribution in [0.4, 0.5) is 0 Å². The van der Waals surface area contributed by atoms with Gasteiger partial charge in [0.1, 0.15) is 5.75 Å². The molecule has 1 unspecified atom stereocenters. The molecule has 1 N–H and O–H groups in total. The second kappa shape index (κ2) is 9.93. The molecule has 1 atom stereocenters. The first-order valence-electron chi connectivity index (χ1n) is 7.35. The smallest absolute Gasteiger partial charge is 0.497 e. The molecule has 0 aromatic heterocycles. The molecule has 120 valence electrons. The molecule has 2 nitrogen and oxygen atoms in total. The van der Waals surface area contributed by atoms with Crippen molar-refractivity contribution in [3.63, 3.8) is 0 Å². The summed E-state index contributed by atoms with van der Waals surface area (Å²) in [6.45, 7) is 18.2. The topological polar surface area (TPSA) is 29.5 Å². The maximum Gasteiger partial charge on any atom is 0.497 e. The first kappa shape index (κ1) is 21.9. The zero-order chi connectivity index (χ0) is 17.4. The van der Waals surface area contributed by atoms with Crippen LogP contribution in [-0.4, -0.2) is 31.6 Å². The van der Waals surface area contributed by atoms with Crippen molar-refractivity contribution in [2.45, 2.75) is 45.0 Å². The number of hydrogen-bond acceptors (Lipinski definition) is 2. The van der Waals surface area contributed by atoms with E-state index in [1.165, 1.54) is 6.08 Å². The van der Waals surface area contributed by atoms with Gasteiger partial charge in [0.05, 0.1) is 6.10 Å². The molecule has 0 heterocycles. The summed E-state index contributed by atoms with van der Waals surface area (Å²) in [6.07, 6.45) is 0.913. The van der Waals surface area contributed by atoms with Crippen molar-refractivity contribution in [2.24, 2.45) is 0 Å². The monoisotopic (exact) mass is 394 g/mol.